The molecule has 0 saturated carbocycles. The van der Waals surface area contributed by atoms with Crippen molar-refractivity contribution in [1.29, 1.82) is 0 Å². The van der Waals surface area contributed by atoms with Crippen LogP contribution >= 0.6 is 11.8 Å². The molecule has 0 aliphatic heterocycles. The minimum Gasteiger partial charge on any atom is -0.352 e. The molecule has 0 saturated heterocycles. The molecular formula is C15H22N2O2S. The van der Waals surface area contributed by atoms with Crippen molar-refractivity contribution in [3.63, 3.8) is 0 Å². The Bertz CT molecular complexity index is 446. The Kier molecular flexibility index (Phi) is 7.15. The van der Waals surface area contributed by atoms with Crippen molar-refractivity contribution in [3.05, 3.63) is 35.4 Å². The van der Waals surface area contributed by atoms with Gasteiger partial charge in [0.1, 0.15) is 0 Å². The number of rotatable bonds is 7. The highest BCUT2D eigenvalue weighted by atomic mass is 32.2. The molecule has 0 aliphatic carbocycles. The van der Waals surface area contributed by atoms with Gasteiger partial charge in [-0.3, -0.25) is 9.59 Å². The van der Waals surface area contributed by atoms with Crippen molar-refractivity contribution < 1.29 is 9.59 Å². The number of hydrogen-bond acceptors (Lipinski definition) is 3. The number of thioether (sulfide) groups is 1. The molecule has 1 atom stereocenters. The molecule has 0 heterocycles. The summed E-state index contributed by atoms with van der Waals surface area (Å²) >= 11 is 1.78. The summed E-state index contributed by atoms with van der Waals surface area (Å²) in [5.74, 6) is 1.39. The molecule has 20 heavy (non-hydrogen) atoms. The van der Waals surface area contributed by atoms with Crippen LogP contribution in [0.25, 0.3) is 0 Å². The van der Waals surface area contributed by atoms with Gasteiger partial charge < -0.3 is 10.6 Å². The summed E-state index contributed by atoms with van der Waals surface area (Å²) < 4.78 is 0. The molecule has 1 aromatic carbocycles. The van der Waals surface area contributed by atoms with Crippen molar-refractivity contribution in [2.24, 2.45) is 5.92 Å². The van der Waals surface area contributed by atoms with Gasteiger partial charge in [0, 0.05) is 25.6 Å². The molecule has 0 radical (unpaired) electrons. The average molecular weight is 294 g/mol. The Morgan fingerprint density at radius 1 is 1.20 bits per heavy atom. The molecule has 2 N–H and O–H groups in total. The minimum atomic E-state index is -0.0606. The highest BCUT2D eigenvalue weighted by Crippen LogP contribution is 2.06. The van der Waals surface area contributed by atoms with Crippen LogP contribution in [0.2, 0.25) is 0 Å². The molecule has 0 bridgehead atoms. The first-order valence-corrected chi connectivity index (χ1v) is 8.02. The Morgan fingerprint density at radius 2 is 1.85 bits per heavy atom. The Balaban J connectivity index is 2.46. The topological polar surface area (TPSA) is 58.2 Å². The zero-order valence-corrected chi connectivity index (χ0v) is 13.0. The smallest absolute Gasteiger partial charge is 0.251 e. The zero-order chi connectivity index (χ0) is 15.0. The first-order valence-electron chi connectivity index (χ1n) is 6.63. The van der Waals surface area contributed by atoms with Gasteiger partial charge >= 0.3 is 0 Å². The van der Waals surface area contributed by atoms with Gasteiger partial charge in [-0.1, -0.05) is 19.1 Å². The van der Waals surface area contributed by atoms with E-state index in [4.69, 9.17) is 0 Å². The summed E-state index contributed by atoms with van der Waals surface area (Å²) in [6.07, 6.45) is 2.06. The molecule has 0 unspecified atom stereocenters. The quantitative estimate of drug-likeness (QED) is 0.809. The summed E-state index contributed by atoms with van der Waals surface area (Å²) in [5, 5.41) is 5.65. The van der Waals surface area contributed by atoms with E-state index in [9.17, 15) is 9.59 Å². The Hall–Kier alpha value is -1.49. The van der Waals surface area contributed by atoms with Crippen LogP contribution < -0.4 is 10.6 Å². The largest absolute Gasteiger partial charge is 0.352 e. The number of amides is 2. The van der Waals surface area contributed by atoms with Crippen molar-refractivity contribution in [2.45, 2.75) is 20.4 Å². The lowest BCUT2D eigenvalue weighted by Crippen LogP contribution is -2.29. The van der Waals surface area contributed by atoms with Gasteiger partial charge in [-0.2, -0.15) is 11.8 Å². The third-order valence-corrected chi connectivity index (χ3v) is 3.72. The molecule has 1 aromatic rings. The van der Waals surface area contributed by atoms with Gasteiger partial charge in [-0.25, -0.2) is 0 Å². The van der Waals surface area contributed by atoms with E-state index in [-0.39, 0.29) is 11.8 Å². The van der Waals surface area contributed by atoms with E-state index < -0.39 is 0 Å². The Labute approximate surface area is 124 Å². The van der Waals surface area contributed by atoms with Gasteiger partial charge in [0.25, 0.3) is 5.91 Å². The van der Waals surface area contributed by atoms with Crippen molar-refractivity contribution >= 4 is 23.6 Å². The van der Waals surface area contributed by atoms with Crippen LogP contribution in [0.3, 0.4) is 0 Å². The number of carbonyl (C=O) groups is 2. The molecule has 0 fully saturated rings. The second-order valence-electron chi connectivity index (χ2n) is 4.88. The van der Waals surface area contributed by atoms with E-state index >= 15 is 0 Å². The number of benzene rings is 1. The number of nitrogens with one attached hydrogen (secondary N) is 2. The van der Waals surface area contributed by atoms with Crippen LogP contribution in [0.15, 0.2) is 24.3 Å². The molecular weight excluding hydrogens is 272 g/mol. The van der Waals surface area contributed by atoms with E-state index in [1.807, 2.05) is 12.1 Å². The van der Waals surface area contributed by atoms with E-state index in [1.54, 1.807) is 23.9 Å². The maximum atomic E-state index is 11.9. The monoisotopic (exact) mass is 294 g/mol. The average Bonchev–Trinajstić information content (AvgIpc) is 2.43. The molecule has 110 valence electrons. The summed E-state index contributed by atoms with van der Waals surface area (Å²) in [5.41, 5.74) is 1.63. The van der Waals surface area contributed by atoms with Gasteiger partial charge in [-0.15, -0.1) is 0 Å². The van der Waals surface area contributed by atoms with Crippen LogP contribution in [0.1, 0.15) is 29.8 Å². The molecule has 2 amide bonds. The third-order valence-electron chi connectivity index (χ3n) is 2.82. The predicted octanol–water partition coefficient (Wildman–Crippen LogP) is 2.05. The Morgan fingerprint density at radius 3 is 2.40 bits per heavy atom. The molecule has 0 spiro atoms. The summed E-state index contributed by atoms with van der Waals surface area (Å²) in [4.78, 5) is 22.8. The number of carbonyl (C=O) groups excluding carboxylic acids is 2. The normalized spacial score (nSPS) is 11.8. The summed E-state index contributed by atoms with van der Waals surface area (Å²) in [6.45, 7) is 4.78. The van der Waals surface area contributed by atoms with Crippen LogP contribution in [0, 0.1) is 5.92 Å². The first kappa shape index (κ1) is 16.6. The van der Waals surface area contributed by atoms with Crippen molar-refractivity contribution in [3.8, 4) is 0 Å². The minimum absolute atomic E-state index is 0.0518. The van der Waals surface area contributed by atoms with E-state index in [1.165, 1.54) is 6.92 Å². The summed E-state index contributed by atoms with van der Waals surface area (Å²) in [6, 6.07) is 7.28. The van der Waals surface area contributed by atoms with Gasteiger partial charge in [-0.05, 0) is 35.6 Å². The van der Waals surface area contributed by atoms with E-state index in [2.05, 4.69) is 23.8 Å². The van der Waals surface area contributed by atoms with Crippen LogP contribution in [0.4, 0.5) is 0 Å². The molecule has 5 heteroatoms. The molecule has 1 rings (SSSR count). The van der Waals surface area contributed by atoms with Crippen molar-refractivity contribution in [1.82, 2.24) is 10.6 Å². The predicted molar refractivity (Wildman–Crippen MR) is 83.8 cm³/mol. The van der Waals surface area contributed by atoms with Crippen LogP contribution in [-0.2, 0) is 11.3 Å². The van der Waals surface area contributed by atoms with Crippen molar-refractivity contribution in [2.75, 3.05) is 18.6 Å². The van der Waals surface area contributed by atoms with Gasteiger partial charge in [0.2, 0.25) is 5.91 Å². The van der Waals surface area contributed by atoms with E-state index in [0.717, 1.165) is 11.3 Å². The molecule has 0 aromatic heterocycles. The molecule has 0 aliphatic rings. The standard InChI is InChI=1S/C15H22N2O2S/c1-11(10-20-3)8-17-15(19)14-6-4-13(5-7-14)9-16-12(2)18/h4-7,11H,8-10H2,1-3H3,(H,16,18)(H,17,19)/t11-/m0/s1. The highest BCUT2D eigenvalue weighted by Gasteiger charge is 2.07. The first-order chi connectivity index (χ1) is 9.52. The maximum absolute atomic E-state index is 11.9. The lowest BCUT2D eigenvalue weighted by atomic mass is 10.1. The second-order valence-corrected chi connectivity index (χ2v) is 5.79. The lowest BCUT2D eigenvalue weighted by Gasteiger charge is -2.11. The van der Waals surface area contributed by atoms with Gasteiger partial charge in [0.15, 0.2) is 0 Å². The second kappa shape index (κ2) is 8.64. The highest BCUT2D eigenvalue weighted by molar-refractivity contribution is 7.98. The lowest BCUT2D eigenvalue weighted by molar-refractivity contribution is -0.119. The van der Waals surface area contributed by atoms with Gasteiger partial charge in [0.05, 0.1) is 0 Å². The summed E-state index contributed by atoms with van der Waals surface area (Å²) in [7, 11) is 0. The van der Waals surface area contributed by atoms with Crippen LogP contribution in [0.5, 0.6) is 0 Å². The number of hydrogen-bond donors (Lipinski definition) is 2. The fourth-order valence-corrected chi connectivity index (χ4v) is 2.40. The molecule has 4 nitrogen and oxygen atoms in total. The van der Waals surface area contributed by atoms with Crippen LogP contribution in [-0.4, -0.2) is 30.4 Å². The SMILES string of the molecule is CSC[C@@H](C)CNC(=O)c1ccc(CNC(C)=O)cc1. The maximum Gasteiger partial charge on any atom is 0.251 e. The zero-order valence-electron chi connectivity index (χ0n) is 12.2. The fraction of sp³-hybridized carbons (Fsp3) is 0.467. The third kappa shape index (κ3) is 6.10. The fourth-order valence-electron chi connectivity index (χ4n) is 1.71. The van der Waals surface area contributed by atoms with E-state index in [0.29, 0.717) is 24.6 Å².